The molecule has 5 heavy (non-hydrogen) atoms. The molecule has 0 unspecified atom stereocenters. The minimum absolute atomic E-state index is 0.716. The van der Waals surface area contributed by atoms with E-state index < -0.39 is 0 Å². The standard InChI is InChI=1S/C4H10As/c1-3-4-5-2/h3-4H2,1-2H3. The Labute approximate surface area is 40.6 Å². The quantitative estimate of drug-likeness (QED) is 0.501. The molecule has 0 aliphatic rings. The van der Waals surface area contributed by atoms with E-state index in [0.717, 1.165) is 0 Å². The first-order valence-corrected chi connectivity index (χ1v) is 5.17. The molecule has 31 valence electrons. The molecule has 0 amide bonds. The summed E-state index contributed by atoms with van der Waals surface area (Å²) in [5, 5.41) is 1.48. The SMILES string of the molecule is CCC[As]C. The van der Waals surface area contributed by atoms with Crippen molar-refractivity contribution in [2.24, 2.45) is 0 Å². The molecular formula is C4H10As. The van der Waals surface area contributed by atoms with E-state index in [1.165, 1.54) is 11.6 Å². The molecule has 0 saturated heterocycles. The van der Waals surface area contributed by atoms with Crippen molar-refractivity contribution in [1.29, 1.82) is 0 Å². The zero-order valence-corrected chi connectivity index (χ0v) is 5.74. The molecule has 0 aromatic carbocycles. The minimum atomic E-state index is 0.716. The molecule has 0 aromatic rings. The van der Waals surface area contributed by atoms with Gasteiger partial charge in [-0.1, -0.05) is 0 Å². The third-order valence-corrected chi connectivity index (χ3v) is 2.32. The molecule has 0 nitrogen and oxygen atoms in total. The predicted octanol–water partition coefficient (Wildman–Crippen LogP) is 1.57. The fourth-order valence-electron chi connectivity index (χ4n) is 0.224. The summed E-state index contributed by atoms with van der Waals surface area (Å²) >= 11 is 0.716. The first-order valence-electron chi connectivity index (χ1n) is 1.97. The van der Waals surface area contributed by atoms with Gasteiger partial charge in [0.2, 0.25) is 0 Å². The molecule has 0 fully saturated rings. The maximum atomic E-state index is 2.31. The van der Waals surface area contributed by atoms with Gasteiger partial charge in [-0.15, -0.1) is 0 Å². The van der Waals surface area contributed by atoms with E-state index >= 15 is 0 Å². The number of hydrogen-bond donors (Lipinski definition) is 0. The van der Waals surface area contributed by atoms with Crippen LogP contribution in [0.1, 0.15) is 13.3 Å². The van der Waals surface area contributed by atoms with Crippen LogP contribution in [0.3, 0.4) is 0 Å². The molecule has 1 heteroatoms. The summed E-state index contributed by atoms with van der Waals surface area (Å²) in [5.74, 6) is 0. The van der Waals surface area contributed by atoms with Crippen LogP contribution in [-0.2, 0) is 0 Å². The van der Waals surface area contributed by atoms with Gasteiger partial charge in [0, 0.05) is 0 Å². The second-order valence-electron chi connectivity index (χ2n) is 1.04. The fourth-order valence-corrected chi connectivity index (χ4v) is 1.16. The van der Waals surface area contributed by atoms with Crippen LogP contribution in [-0.4, -0.2) is 15.8 Å². The Bertz CT molecular complexity index is 11.1. The van der Waals surface area contributed by atoms with Crippen molar-refractivity contribution < 1.29 is 0 Å². The third-order valence-electron chi connectivity index (χ3n) is 0.447. The molecule has 0 atom stereocenters. The maximum absolute atomic E-state index is 2.31. The van der Waals surface area contributed by atoms with Crippen LogP contribution in [0.4, 0.5) is 0 Å². The van der Waals surface area contributed by atoms with Crippen LogP contribution < -0.4 is 0 Å². The van der Waals surface area contributed by atoms with E-state index in [1.54, 1.807) is 0 Å². The van der Waals surface area contributed by atoms with Crippen LogP contribution in [0.15, 0.2) is 0 Å². The molecule has 0 N–H and O–H groups in total. The molecule has 0 aromatic heterocycles. The van der Waals surface area contributed by atoms with Gasteiger partial charge in [-0.2, -0.15) is 0 Å². The average molecular weight is 133 g/mol. The van der Waals surface area contributed by atoms with Gasteiger partial charge < -0.3 is 0 Å². The monoisotopic (exact) mass is 133 g/mol. The summed E-state index contributed by atoms with van der Waals surface area (Å²) < 4.78 is 0. The van der Waals surface area contributed by atoms with Gasteiger partial charge >= 0.3 is 40.0 Å². The number of rotatable bonds is 2. The Morgan fingerprint density at radius 3 is 2.20 bits per heavy atom. The Hall–Kier alpha value is 0.558. The third kappa shape index (κ3) is 4.56. The first-order chi connectivity index (χ1) is 2.41. The molecule has 1 radical (unpaired) electrons. The van der Waals surface area contributed by atoms with Gasteiger partial charge in [-0.25, -0.2) is 0 Å². The Morgan fingerprint density at radius 1 is 1.60 bits per heavy atom. The normalized spacial score (nSPS) is 10.8. The molecule has 0 aliphatic carbocycles. The van der Waals surface area contributed by atoms with E-state index in [-0.39, 0.29) is 0 Å². The van der Waals surface area contributed by atoms with E-state index in [0.29, 0.717) is 15.8 Å². The van der Waals surface area contributed by atoms with Crippen molar-refractivity contribution in [3.8, 4) is 0 Å². The van der Waals surface area contributed by atoms with Crippen molar-refractivity contribution in [1.82, 2.24) is 0 Å². The first kappa shape index (κ1) is 5.56. The van der Waals surface area contributed by atoms with Gasteiger partial charge in [-0.3, -0.25) is 0 Å². The molecular weight excluding hydrogens is 123 g/mol. The summed E-state index contributed by atoms with van der Waals surface area (Å²) in [6, 6.07) is 0. The van der Waals surface area contributed by atoms with Crippen molar-refractivity contribution in [2.45, 2.75) is 24.3 Å². The Morgan fingerprint density at radius 2 is 2.20 bits per heavy atom. The van der Waals surface area contributed by atoms with Crippen molar-refractivity contribution in [3.05, 3.63) is 0 Å². The zero-order chi connectivity index (χ0) is 4.12. The molecule has 0 rings (SSSR count). The second-order valence-corrected chi connectivity index (χ2v) is 3.31. The van der Waals surface area contributed by atoms with Crippen molar-refractivity contribution >= 4 is 15.8 Å². The van der Waals surface area contributed by atoms with Crippen LogP contribution in [0.5, 0.6) is 0 Å². The summed E-state index contributed by atoms with van der Waals surface area (Å²) in [6.45, 7) is 2.24. The van der Waals surface area contributed by atoms with Crippen LogP contribution in [0.25, 0.3) is 0 Å². The van der Waals surface area contributed by atoms with Crippen LogP contribution in [0, 0.1) is 0 Å². The molecule has 0 heterocycles. The Kier molecular flexibility index (Phi) is 5.07. The van der Waals surface area contributed by atoms with E-state index in [2.05, 4.69) is 12.6 Å². The summed E-state index contributed by atoms with van der Waals surface area (Å²) in [5.41, 5.74) is 2.31. The fraction of sp³-hybridized carbons (Fsp3) is 1.00. The molecule has 0 aliphatic heterocycles. The zero-order valence-electron chi connectivity index (χ0n) is 3.86. The number of hydrogen-bond acceptors (Lipinski definition) is 0. The van der Waals surface area contributed by atoms with E-state index in [9.17, 15) is 0 Å². The van der Waals surface area contributed by atoms with Gasteiger partial charge in [-0.05, 0) is 0 Å². The topological polar surface area (TPSA) is 0 Å². The summed E-state index contributed by atoms with van der Waals surface area (Å²) in [6.07, 6.45) is 1.39. The second kappa shape index (κ2) is 4.56. The molecule has 0 spiro atoms. The van der Waals surface area contributed by atoms with Gasteiger partial charge in [0.1, 0.15) is 0 Å². The molecule has 0 saturated carbocycles. The molecule has 0 bridgehead atoms. The van der Waals surface area contributed by atoms with Crippen molar-refractivity contribution in [3.63, 3.8) is 0 Å². The van der Waals surface area contributed by atoms with Crippen LogP contribution >= 0.6 is 0 Å². The van der Waals surface area contributed by atoms with E-state index in [4.69, 9.17) is 0 Å². The average Bonchev–Trinajstić information content (AvgIpc) is 1.41. The predicted molar refractivity (Wildman–Crippen MR) is 26.7 cm³/mol. The summed E-state index contributed by atoms with van der Waals surface area (Å²) in [7, 11) is 0. The van der Waals surface area contributed by atoms with Crippen molar-refractivity contribution in [2.75, 3.05) is 0 Å². The van der Waals surface area contributed by atoms with Gasteiger partial charge in [0.15, 0.2) is 0 Å². The van der Waals surface area contributed by atoms with E-state index in [1.807, 2.05) is 0 Å². The van der Waals surface area contributed by atoms with Gasteiger partial charge in [0.25, 0.3) is 0 Å². The Balaban J connectivity index is 2.19. The van der Waals surface area contributed by atoms with Gasteiger partial charge in [0.05, 0.1) is 0 Å². The van der Waals surface area contributed by atoms with Crippen LogP contribution in [0.2, 0.25) is 10.9 Å². The summed E-state index contributed by atoms with van der Waals surface area (Å²) in [4.78, 5) is 0.